The highest BCUT2D eigenvalue weighted by atomic mass is 16.1. The topological polar surface area (TPSA) is 76.0 Å². The molecular formula is C24H24N4O2. The first-order valence-corrected chi connectivity index (χ1v) is 10.4. The van der Waals surface area contributed by atoms with Gasteiger partial charge in [-0.2, -0.15) is 0 Å². The molecule has 1 aliphatic heterocycles. The first kappa shape index (κ1) is 18.8. The largest absolute Gasteiger partial charge is 0.349 e. The van der Waals surface area contributed by atoms with Gasteiger partial charge >= 0.3 is 0 Å². The number of hydrogen-bond donors (Lipinski definition) is 2. The molecule has 2 N–H and O–H groups in total. The summed E-state index contributed by atoms with van der Waals surface area (Å²) in [6.07, 6.45) is 6.74. The number of rotatable bonds is 4. The Labute approximate surface area is 174 Å². The van der Waals surface area contributed by atoms with Gasteiger partial charge in [-0.25, -0.2) is 4.98 Å². The summed E-state index contributed by atoms with van der Waals surface area (Å²) in [5.74, 6) is -0.0966. The fourth-order valence-electron chi connectivity index (χ4n) is 3.88. The second kappa shape index (κ2) is 7.54. The zero-order chi connectivity index (χ0) is 20.7. The maximum Gasteiger partial charge on any atom is 0.265 e. The lowest BCUT2D eigenvalue weighted by atomic mass is 9.99. The number of aromatic nitrogens is 2. The first-order valence-electron chi connectivity index (χ1n) is 10.4. The van der Waals surface area contributed by atoms with E-state index in [0.29, 0.717) is 22.2 Å². The third-order valence-corrected chi connectivity index (χ3v) is 5.84. The molecule has 1 amide bonds. The van der Waals surface area contributed by atoms with E-state index >= 15 is 0 Å². The molecule has 152 valence electrons. The van der Waals surface area contributed by atoms with E-state index < -0.39 is 0 Å². The minimum atomic E-state index is -0.126. The Morgan fingerprint density at radius 3 is 2.83 bits per heavy atom. The summed E-state index contributed by atoms with van der Waals surface area (Å²) in [5, 5.41) is 6.90. The van der Waals surface area contributed by atoms with E-state index in [4.69, 9.17) is 0 Å². The summed E-state index contributed by atoms with van der Waals surface area (Å²) in [6, 6.07) is 11.6. The number of carbonyl (C=O) groups excluding carboxylic acids is 1. The van der Waals surface area contributed by atoms with Crippen LogP contribution in [0.3, 0.4) is 0 Å². The molecule has 1 saturated carbocycles. The highest BCUT2D eigenvalue weighted by Crippen LogP contribution is 2.23. The fourth-order valence-corrected chi connectivity index (χ4v) is 3.88. The Morgan fingerprint density at radius 2 is 2.07 bits per heavy atom. The van der Waals surface area contributed by atoms with Gasteiger partial charge in [0.15, 0.2) is 0 Å². The van der Waals surface area contributed by atoms with E-state index in [0.717, 1.165) is 43.5 Å². The first-order chi connectivity index (χ1) is 14.6. The van der Waals surface area contributed by atoms with Crippen LogP contribution in [0.15, 0.2) is 53.6 Å². The van der Waals surface area contributed by atoms with Crippen molar-refractivity contribution in [3.8, 4) is 5.69 Å². The van der Waals surface area contributed by atoms with Crippen LogP contribution in [0.4, 0.5) is 0 Å². The lowest BCUT2D eigenvalue weighted by Gasteiger charge is -2.15. The van der Waals surface area contributed by atoms with Crippen molar-refractivity contribution >= 4 is 22.4 Å². The van der Waals surface area contributed by atoms with Crippen molar-refractivity contribution in [2.45, 2.75) is 32.2 Å². The van der Waals surface area contributed by atoms with E-state index in [1.807, 2.05) is 31.2 Å². The summed E-state index contributed by atoms with van der Waals surface area (Å²) < 4.78 is 1.55. The van der Waals surface area contributed by atoms with Gasteiger partial charge in [-0.1, -0.05) is 18.2 Å². The van der Waals surface area contributed by atoms with Gasteiger partial charge in [-0.15, -0.1) is 0 Å². The summed E-state index contributed by atoms with van der Waals surface area (Å²) in [7, 11) is 0. The molecule has 6 nitrogen and oxygen atoms in total. The number of fused-ring (bicyclic) bond motifs is 1. The quantitative estimate of drug-likeness (QED) is 0.706. The van der Waals surface area contributed by atoms with Gasteiger partial charge in [-0.3, -0.25) is 14.2 Å². The van der Waals surface area contributed by atoms with E-state index in [1.54, 1.807) is 23.0 Å². The molecule has 1 fully saturated rings. The van der Waals surface area contributed by atoms with Crippen molar-refractivity contribution in [1.82, 2.24) is 20.2 Å². The van der Waals surface area contributed by atoms with Crippen LogP contribution in [0.2, 0.25) is 0 Å². The number of nitrogens with zero attached hydrogens (tertiary/aromatic N) is 2. The maximum absolute atomic E-state index is 13.4. The zero-order valence-corrected chi connectivity index (χ0v) is 16.9. The van der Waals surface area contributed by atoms with E-state index in [9.17, 15) is 9.59 Å². The van der Waals surface area contributed by atoms with Gasteiger partial charge in [0.25, 0.3) is 11.5 Å². The molecule has 2 aliphatic rings. The molecule has 0 atom stereocenters. The van der Waals surface area contributed by atoms with Gasteiger partial charge in [0, 0.05) is 18.2 Å². The van der Waals surface area contributed by atoms with Gasteiger partial charge in [0.1, 0.15) is 6.33 Å². The van der Waals surface area contributed by atoms with Crippen molar-refractivity contribution in [1.29, 1.82) is 0 Å². The molecule has 1 aliphatic carbocycles. The highest BCUT2D eigenvalue weighted by molar-refractivity contribution is 5.95. The Hall–Kier alpha value is -3.25. The maximum atomic E-state index is 13.4. The van der Waals surface area contributed by atoms with Gasteiger partial charge < -0.3 is 10.6 Å². The molecule has 30 heavy (non-hydrogen) atoms. The minimum absolute atomic E-state index is 0.0966. The van der Waals surface area contributed by atoms with E-state index in [2.05, 4.69) is 21.7 Å². The SMILES string of the molecule is Cc1ccc(C(=O)NC2CC2)cc1-n1cnc2ccc(C3=CCNCC3)cc2c1=O. The monoisotopic (exact) mass is 400 g/mol. The second-order valence-corrected chi connectivity index (χ2v) is 8.08. The number of nitrogens with one attached hydrogen (secondary N) is 2. The van der Waals surface area contributed by atoms with Crippen molar-refractivity contribution in [3.05, 3.63) is 75.8 Å². The molecule has 0 spiro atoms. The molecule has 6 heteroatoms. The molecule has 0 bridgehead atoms. The number of amides is 1. The highest BCUT2D eigenvalue weighted by Gasteiger charge is 2.24. The molecule has 2 heterocycles. The van der Waals surface area contributed by atoms with Gasteiger partial charge in [0.05, 0.1) is 16.6 Å². The number of carbonyl (C=O) groups is 1. The van der Waals surface area contributed by atoms with Crippen molar-refractivity contribution in [3.63, 3.8) is 0 Å². The summed E-state index contributed by atoms with van der Waals surface area (Å²) in [6.45, 7) is 3.72. The fraction of sp³-hybridized carbons (Fsp3) is 0.292. The van der Waals surface area contributed by atoms with Crippen LogP contribution < -0.4 is 16.2 Å². The summed E-state index contributed by atoms with van der Waals surface area (Å²) in [5.41, 5.74) is 5.02. The summed E-state index contributed by atoms with van der Waals surface area (Å²) in [4.78, 5) is 30.4. The molecule has 3 aromatic rings. The van der Waals surface area contributed by atoms with Crippen LogP contribution in [-0.4, -0.2) is 34.6 Å². The summed E-state index contributed by atoms with van der Waals surface area (Å²) >= 11 is 0. The van der Waals surface area contributed by atoms with Crippen LogP contribution in [0.25, 0.3) is 22.2 Å². The van der Waals surface area contributed by atoms with Crippen molar-refractivity contribution < 1.29 is 4.79 Å². The zero-order valence-electron chi connectivity index (χ0n) is 16.9. The van der Waals surface area contributed by atoms with Crippen LogP contribution in [0, 0.1) is 6.92 Å². The number of aryl methyl sites for hydroxylation is 1. The minimum Gasteiger partial charge on any atom is -0.349 e. The third kappa shape index (κ3) is 3.55. The van der Waals surface area contributed by atoms with Crippen LogP contribution >= 0.6 is 0 Å². The standard InChI is InChI=1S/C24H24N4O2/c1-15-2-3-18(23(29)27-19-5-6-19)13-22(15)28-14-26-21-7-4-17(12-20(21)24(28)30)16-8-10-25-11-9-16/h2-4,7-8,12-14,19,25H,5-6,9-11H2,1H3,(H,27,29). The van der Waals surface area contributed by atoms with Gasteiger partial charge in [-0.05, 0) is 73.7 Å². The van der Waals surface area contributed by atoms with Gasteiger partial charge in [0.2, 0.25) is 0 Å². The number of benzene rings is 2. The number of hydrogen-bond acceptors (Lipinski definition) is 4. The molecular weight excluding hydrogens is 376 g/mol. The smallest absolute Gasteiger partial charge is 0.265 e. The van der Waals surface area contributed by atoms with Crippen LogP contribution in [0.1, 0.15) is 40.7 Å². The Bertz CT molecular complexity index is 1240. The predicted molar refractivity (Wildman–Crippen MR) is 118 cm³/mol. The Kier molecular flexibility index (Phi) is 4.71. The van der Waals surface area contributed by atoms with Crippen LogP contribution in [-0.2, 0) is 0 Å². The average molecular weight is 400 g/mol. The van der Waals surface area contributed by atoms with Crippen molar-refractivity contribution in [2.75, 3.05) is 13.1 Å². The van der Waals surface area contributed by atoms with Crippen LogP contribution in [0.5, 0.6) is 0 Å². The van der Waals surface area contributed by atoms with E-state index in [-0.39, 0.29) is 17.5 Å². The predicted octanol–water partition coefficient (Wildman–Crippen LogP) is 2.96. The molecule has 5 rings (SSSR count). The lowest BCUT2D eigenvalue weighted by Crippen LogP contribution is -2.26. The molecule has 0 saturated heterocycles. The second-order valence-electron chi connectivity index (χ2n) is 8.08. The lowest BCUT2D eigenvalue weighted by molar-refractivity contribution is 0.0951. The van der Waals surface area contributed by atoms with Crippen molar-refractivity contribution in [2.24, 2.45) is 0 Å². The van der Waals surface area contributed by atoms with E-state index in [1.165, 1.54) is 5.57 Å². The third-order valence-electron chi connectivity index (χ3n) is 5.84. The normalized spacial score (nSPS) is 16.4. The molecule has 0 radical (unpaired) electrons. The molecule has 1 aromatic heterocycles. The Balaban J connectivity index is 1.58. The molecule has 2 aromatic carbocycles. The molecule has 0 unspecified atom stereocenters. The average Bonchev–Trinajstić information content (AvgIpc) is 3.59. The Morgan fingerprint density at radius 1 is 1.20 bits per heavy atom.